The van der Waals surface area contributed by atoms with Crippen molar-refractivity contribution >= 4 is 23.2 Å². The van der Waals surface area contributed by atoms with Gasteiger partial charge in [0.15, 0.2) is 5.82 Å². The highest BCUT2D eigenvalue weighted by Gasteiger charge is 2.16. The summed E-state index contributed by atoms with van der Waals surface area (Å²) in [4.78, 5) is 4.11. The van der Waals surface area contributed by atoms with Gasteiger partial charge in [-0.05, 0) is 30.7 Å². The van der Waals surface area contributed by atoms with Crippen LogP contribution in [0.3, 0.4) is 0 Å². The normalized spacial score (nSPS) is 12.6. The van der Waals surface area contributed by atoms with Crippen molar-refractivity contribution in [2.24, 2.45) is 5.73 Å². The third-order valence-electron chi connectivity index (χ3n) is 2.57. The van der Waals surface area contributed by atoms with Crippen molar-refractivity contribution in [1.82, 2.24) is 10.1 Å². The fourth-order valence-electron chi connectivity index (χ4n) is 1.59. The third kappa shape index (κ3) is 3.67. The summed E-state index contributed by atoms with van der Waals surface area (Å²) in [5.41, 5.74) is 6.19. The van der Waals surface area contributed by atoms with E-state index >= 15 is 0 Å². The van der Waals surface area contributed by atoms with E-state index in [1.54, 1.807) is 18.2 Å². The fourth-order valence-corrected chi connectivity index (χ4v) is 2.07. The summed E-state index contributed by atoms with van der Waals surface area (Å²) >= 11 is 11.9. The number of hydrogen-bond donors (Lipinski definition) is 2. The second-order valence-electron chi connectivity index (χ2n) is 4.05. The molecule has 0 aliphatic heterocycles. The first-order valence-electron chi connectivity index (χ1n) is 5.74. The number of nitrogens with two attached hydrogens (primary N) is 1. The van der Waals surface area contributed by atoms with E-state index in [1.807, 2.05) is 0 Å². The molecule has 0 radical (unpaired) electrons. The van der Waals surface area contributed by atoms with Gasteiger partial charge in [0.2, 0.25) is 0 Å². The maximum atomic E-state index is 9.67. The number of hydrogen-bond acceptors (Lipinski definition) is 5. The van der Waals surface area contributed by atoms with Crippen LogP contribution in [0.4, 0.5) is 0 Å². The molecule has 0 spiro atoms. The monoisotopic (exact) mass is 301 g/mol. The van der Waals surface area contributed by atoms with Crippen LogP contribution in [0.15, 0.2) is 22.7 Å². The second kappa shape index (κ2) is 6.34. The molecule has 19 heavy (non-hydrogen) atoms. The molecule has 0 amide bonds. The van der Waals surface area contributed by atoms with Crippen LogP contribution < -0.4 is 5.73 Å². The van der Waals surface area contributed by atoms with Crippen LogP contribution >= 0.6 is 23.2 Å². The minimum atomic E-state index is -0.827. The van der Waals surface area contributed by atoms with Crippen LogP contribution in [0.1, 0.15) is 29.8 Å². The van der Waals surface area contributed by atoms with E-state index in [9.17, 15) is 5.11 Å². The van der Waals surface area contributed by atoms with E-state index in [0.29, 0.717) is 35.3 Å². The molecule has 0 saturated heterocycles. The number of aromatic nitrogens is 2. The summed E-state index contributed by atoms with van der Waals surface area (Å²) in [6.45, 7) is 0.349. The van der Waals surface area contributed by atoms with Crippen molar-refractivity contribution in [2.75, 3.05) is 6.54 Å². The quantitative estimate of drug-likeness (QED) is 0.885. The lowest BCUT2D eigenvalue weighted by Crippen LogP contribution is -2.07. The Balaban J connectivity index is 2.11. The van der Waals surface area contributed by atoms with Crippen molar-refractivity contribution in [3.05, 3.63) is 45.5 Å². The SMILES string of the molecule is NCCC(O)c1nc(Cc2ccc(Cl)cc2Cl)no1. The van der Waals surface area contributed by atoms with Gasteiger partial charge >= 0.3 is 0 Å². The van der Waals surface area contributed by atoms with Gasteiger partial charge in [-0.3, -0.25) is 0 Å². The highest BCUT2D eigenvalue weighted by Crippen LogP contribution is 2.23. The van der Waals surface area contributed by atoms with Crippen LogP contribution in [-0.4, -0.2) is 21.8 Å². The third-order valence-corrected chi connectivity index (χ3v) is 3.16. The Labute approximate surface area is 120 Å². The maximum absolute atomic E-state index is 9.67. The molecule has 0 saturated carbocycles. The van der Waals surface area contributed by atoms with Gasteiger partial charge in [-0.25, -0.2) is 0 Å². The Kier molecular flexibility index (Phi) is 4.76. The molecule has 3 N–H and O–H groups in total. The van der Waals surface area contributed by atoms with Crippen molar-refractivity contribution < 1.29 is 9.63 Å². The van der Waals surface area contributed by atoms with Crippen molar-refractivity contribution in [1.29, 1.82) is 0 Å². The van der Waals surface area contributed by atoms with E-state index in [-0.39, 0.29) is 5.89 Å². The van der Waals surface area contributed by atoms with Gasteiger partial charge in [-0.1, -0.05) is 34.4 Å². The highest BCUT2D eigenvalue weighted by molar-refractivity contribution is 6.35. The smallest absolute Gasteiger partial charge is 0.255 e. The average Bonchev–Trinajstić information content (AvgIpc) is 2.82. The summed E-state index contributed by atoms with van der Waals surface area (Å²) in [7, 11) is 0. The van der Waals surface area contributed by atoms with Gasteiger partial charge < -0.3 is 15.4 Å². The van der Waals surface area contributed by atoms with E-state index < -0.39 is 6.10 Å². The van der Waals surface area contributed by atoms with E-state index in [0.717, 1.165) is 5.56 Å². The lowest BCUT2D eigenvalue weighted by atomic mass is 10.1. The molecule has 102 valence electrons. The molecular weight excluding hydrogens is 289 g/mol. The van der Waals surface area contributed by atoms with Gasteiger partial charge in [-0.15, -0.1) is 0 Å². The Bertz CT molecular complexity index is 560. The van der Waals surface area contributed by atoms with Crippen LogP contribution in [0.5, 0.6) is 0 Å². The first kappa shape index (κ1) is 14.3. The van der Waals surface area contributed by atoms with Gasteiger partial charge in [0.05, 0.1) is 0 Å². The Morgan fingerprint density at radius 1 is 1.37 bits per heavy atom. The lowest BCUT2D eigenvalue weighted by molar-refractivity contribution is 0.127. The van der Waals surface area contributed by atoms with Gasteiger partial charge in [0, 0.05) is 16.5 Å². The largest absolute Gasteiger partial charge is 0.383 e. The fraction of sp³-hybridized carbons (Fsp3) is 0.333. The maximum Gasteiger partial charge on any atom is 0.255 e. The van der Waals surface area contributed by atoms with Crippen LogP contribution in [0, 0.1) is 0 Å². The Morgan fingerprint density at radius 3 is 2.84 bits per heavy atom. The van der Waals surface area contributed by atoms with Crippen molar-refractivity contribution in [2.45, 2.75) is 18.9 Å². The molecule has 0 aliphatic rings. The number of aliphatic hydroxyl groups excluding tert-OH is 1. The lowest BCUT2D eigenvalue weighted by Gasteiger charge is -2.02. The molecule has 0 aliphatic carbocycles. The molecule has 1 unspecified atom stereocenters. The zero-order chi connectivity index (χ0) is 13.8. The predicted octanol–water partition coefficient (Wildman–Crippen LogP) is 2.35. The number of rotatable bonds is 5. The minimum absolute atomic E-state index is 0.172. The minimum Gasteiger partial charge on any atom is -0.383 e. The van der Waals surface area contributed by atoms with Gasteiger partial charge in [0.1, 0.15) is 6.10 Å². The number of benzene rings is 1. The first-order chi connectivity index (χ1) is 9.10. The van der Waals surface area contributed by atoms with E-state index in [1.165, 1.54) is 0 Å². The average molecular weight is 302 g/mol. The molecule has 7 heteroatoms. The zero-order valence-corrected chi connectivity index (χ0v) is 11.5. The predicted molar refractivity (Wildman–Crippen MR) is 72.2 cm³/mol. The summed E-state index contributed by atoms with van der Waals surface area (Å²) in [5, 5.41) is 14.6. The van der Waals surface area contributed by atoms with Crippen molar-refractivity contribution in [3.63, 3.8) is 0 Å². The van der Waals surface area contributed by atoms with Gasteiger partial charge in [-0.2, -0.15) is 4.98 Å². The van der Waals surface area contributed by atoms with E-state index in [2.05, 4.69) is 10.1 Å². The molecule has 5 nitrogen and oxygen atoms in total. The topological polar surface area (TPSA) is 85.2 Å². The summed E-state index contributed by atoms with van der Waals surface area (Å²) in [6.07, 6.45) is -0.0370. The Morgan fingerprint density at radius 2 is 2.16 bits per heavy atom. The van der Waals surface area contributed by atoms with E-state index in [4.69, 9.17) is 33.5 Å². The standard InChI is InChI=1S/C12H13Cl2N3O2/c13-8-2-1-7(9(14)6-8)5-11-16-12(19-17-11)10(18)3-4-15/h1-2,6,10,18H,3-5,15H2. The molecule has 1 heterocycles. The molecule has 1 atom stereocenters. The zero-order valence-electron chi connectivity index (χ0n) is 10.0. The van der Waals surface area contributed by atoms with Crippen molar-refractivity contribution in [3.8, 4) is 0 Å². The molecular formula is C12H13Cl2N3O2. The molecule has 0 fully saturated rings. The number of halogens is 2. The molecule has 0 bridgehead atoms. The number of aliphatic hydroxyl groups is 1. The first-order valence-corrected chi connectivity index (χ1v) is 6.50. The highest BCUT2D eigenvalue weighted by atomic mass is 35.5. The van der Waals surface area contributed by atoms with Crippen LogP contribution in [0.25, 0.3) is 0 Å². The molecule has 2 rings (SSSR count). The Hall–Kier alpha value is -1.14. The van der Waals surface area contributed by atoms with Crippen LogP contribution in [-0.2, 0) is 6.42 Å². The summed E-state index contributed by atoms with van der Waals surface area (Å²) in [6, 6.07) is 5.20. The summed E-state index contributed by atoms with van der Waals surface area (Å²) in [5.74, 6) is 0.626. The van der Waals surface area contributed by atoms with Crippen LogP contribution in [0.2, 0.25) is 10.0 Å². The van der Waals surface area contributed by atoms with Gasteiger partial charge in [0.25, 0.3) is 5.89 Å². The number of nitrogens with zero attached hydrogens (tertiary/aromatic N) is 2. The second-order valence-corrected chi connectivity index (χ2v) is 4.90. The molecule has 1 aromatic heterocycles. The molecule has 1 aromatic carbocycles. The molecule has 2 aromatic rings. The summed E-state index contributed by atoms with van der Waals surface area (Å²) < 4.78 is 4.98.